The molecule has 3 aromatic rings. The number of unbranched alkanes of at least 4 members (excludes halogenated alkanes) is 2. The van der Waals surface area contributed by atoms with Gasteiger partial charge in [0.05, 0.1) is 16.7 Å². The molecule has 0 spiro atoms. The van der Waals surface area contributed by atoms with Gasteiger partial charge in [0.1, 0.15) is 6.10 Å². The summed E-state index contributed by atoms with van der Waals surface area (Å²) < 4.78 is 16.5. The zero-order valence-electron chi connectivity index (χ0n) is 20.7. The quantitative estimate of drug-likeness (QED) is 0.174. The van der Waals surface area contributed by atoms with E-state index >= 15 is 0 Å². The number of carbonyl (C=O) groups is 4. The van der Waals surface area contributed by atoms with Crippen LogP contribution in [-0.2, 0) is 19.0 Å². The summed E-state index contributed by atoms with van der Waals surface area (Å²) in [6.07, 6.45) is 0.138. The van der Waals surface area contributed by atoms with Gasteiger partial charge in [-0.25, -0.2) is 14.4 Å². The molecule has 192 valence electrons. The molecule has 0 radical (unpaired) electrons. The number of benzene rings is 3. The van der Waals surface area contributed by atoms with E-state index in [1.165, 1.54) is 0 Å². The smallest absolute Gasteiger partial charge is 0.338 e. The van der Waals surface area contributed by atoms with Crippen molar-refractivity contribution in [2.75, 3.05) is 6.61 Å². The Morgan fingerprint density at radius 1 is 0.622 bits per heavy atom. The van der Waals surface area contributed by atoms with Crippen LogP contribution < -0.4 is 0 Å². The minimum atomic E-state index is -1.46. The van der Waals surface area contributed by atoms with Crippen molar-refractivity contribution in [3.63, 3.8) is 0 Å². The fourth-order valence-electron chi connectivity index (χ4n) is 3.63. The van der Waals surface area contributed by atoms with Gasteiger partial charge in [-0.1, -0.05) is 74.4 Å². The molecule has 0 saturated carbocycles. The molecule has 3 aromatic carbocycles. The first-order valence-electron chi connectivity index (χ1n) is 12.3. The van der Waals surface area contributed by atoms with Gasteiger partial charge in [0, 0.05) is 0 Å². The first-order valence-corrected chi connectivity index (χ1v) is 12.3. The van der Waals surface area contributed by atoms with Gasteiger partial charge in [0.25, 0.3) is 0 Å². The molecule has 37 heavy (non-hydrogen) atoms. The van der Waals surface area contributed by atoms with E-state index in [-0.39, 0.29) is 17.5 Å². The lowest BCUT2D eigenvalue weighted by molar-refractivity contribution is -0.137. The van der Waals surface area contributed by atoms with E-state index in [4.69, 9.17) is 14.2 Å². The van der Waals surface area contributed by atoms with Crippen LogP contribution in [0.5, 0.6) is 0 Å². The van der Waals surface area contributed by atoms with Crippen molar-refractivity contribution in [3.05, 3.63) is 108 Å². The lowest BCUT2D eigenvalue weighted by Crippen LogP contribution is -2.43. The van der Waals surface area contributed by atoms with Crippen LogP contribution in [0, 0.1) is 0 Å². The molecule has 0 unspecified atom stereocenters. The average molecular weight is 503 g/mol. The van der Waals surface area contributed by atoms with E-state index in [9.17, 15) is 19.2 Å². The lowest BCUT2D eigenvalue weighted by atomic mass is 10.0. The lowest BCUT2D eigenvalue weighted by Gasteiger charge is -2.26. The number of Topliss-reactive ketones (excluding diaryl/α,β-unsaturated/α-hetero) is 1. The normalized spacial score (nSPS) is 12.1. The summed E-state index contributed by atoms with van der Waals surface area (Å²) in [7, 11) is 0. The Hall–Kier alpha value is -4.26. The fraction of sp³-hybridized carbons (Fsp3) is 0.267. The highest BCUT2D eigenvalue weighted by atomic mass is 16.6. The summed E-state index contributed by atoms with van der Waals surface area (Å²) in [5.74, 6) is -2.76. The monoisotopic (exact) mass is 502 g/mol. The molecule has 0 aromatic heterocycles. The number of carbonyl (C=O) groups excluding carboxylic acids is 4. The van der Waals surface area contributed by atoms with E-state index < -0.39 is 42.5 Å². The van der Waals surface area contributed by atoms with Gasteiger partial charge in [-0.15, -0.1) is 0 Å². The molecule has 7 nitrogen and oxygen atoms in total. The number of hydrogen-bond acceptors (Lipinski definition) is 7. The van der Waals surface area contributed by atoms with Gasteiger partial charge in [-0.3, -0.25) is 4.79 Å². The number of ether oxygens (including phenoxy) is 3. The Labute approximate surface area is 216 Å². The summed E-state index contributed by atoms with van der Waals surface area (Å²) in [5.41, 5.74) is 0.825. The minimum Gasteiger partial charge on any atom is -0.454 e. The number of esters is 3. The summed E-state index contributed by atoms with van der Waals surface area (Å²) in [6, 6.07) is 24.8. The zero-order chi connectivity index (χ0) is 26.5. The van der Waals surface area contributed by atoms with Crippen molar-refractivity contribution in [1.82, 2.24) is 0 Å². The van der Waals surface area contributed by atoms with E-state index in [0.29, 0.717) is 12.0 Å². The van der Waals surface area contributed by atoms with Gasteiger partial charge in [0.15, 0.2) is 6.61 Å². The molecule has 0 fully saturated rings. The number of rotatable bonds is 13. The molecule has 2 atom stereocenters. The Kier molecular flexibility index (Phi) is 10.6. The van der Waals surface area contributed by atoms with Crippen LogP contribution in [0.3, 0.4) is 0 Å². The molecule has 0 aliphatic heterocycles. The van der Waals surface area contributed by atoms with Gasteiger partial charge in [-0.2, -0.15) is 0 Å². The maximum atomic E-state index is 13.3. The second-order valence-corrected chi connectivity index (χ2v) is 8.41. The molecule has 0 amide bonds. The van der Waals surface area contributed by atoms with Crippen molar-refractivity contribution in [2.45, 2.75) is 44.8 Å². The summed E-state index contributed by atoms with van der Waals surface area (Å²) >= 11 is 0. The predicted octanol–water partition coefficient (Wildman–Crippen LogP) is 5.44. The van der Waals surface area contributed by atoms with Gasteiger partial charge < -0.3 is 14.2 Å². The van der Waals surface area contributed by atoms with Gasteiger partial charge in [-0.05, 0) is 49.2 Å². The standard InChI is InChI=1S/C30H30O7/c1-2-3-7-20-26(36-29(33)23-16-10-5-11-17-23)27(37-30(34)24-18-12-6-13-19-24)25(31)21-35-28(32)22-14-8-4-9-15-22/h4-6,8-19,26-27H,2-3,7,20-21H2,1H3/t26-,27-/m0/s1. The Morgan fingerprint density at radius 2 is 1.08 bits per heavy atom. The molecule has 0 aliphatic rings. The highest BCUT2D eigenvalue weighted by molar-refractivity contribution is 5.96. The predicted molar refractivity (Wildman–Crippen MR) is 137 cm³/mol. The van der Waals surface area contributed by atoms with E-state index in [1.54, 1.807) is 91.0 Å². The van der Waals surface area contributed by atoms with Gasteiger partial charge >= 0.3 is 17.9 Å². The molecule has 0 aliphatic carbocycles. The van der Waals surface area contributed by atoms with Crippen molar-refractivity contribution < 1.29 is 33.4 Å². The maximum absolute atomic E-state index is 13.3. The van der Waals surface area contributed by atoms with Crippen LogP contribution in [0.2, 0.25) is 0 Å². The minimum absolute atomic E-state index is 0.239. The van der Waals surface area contributed by atoms with Crippen molar-refractivity contribution in [1.29, 1.82) is 0 Å². The number of ketones is 1. The topological polar surface area (TPSA) is 96.0 Å². The Bertz CT molecular complexity index is 1160. The molecule has 0 N–H and O–H groups in total. The highest BCUT2D eigenvalue weighted by Gasteiger charge is 2.35. The Morgan fingerprint density at radius 3 is 1.57 bits per heavy atom. The van der Waals surface area contributed by atoms with E-state index in [1.807, 2.05) is 6.92 Å². The third kappa shape index (κ3) is 8.42. The van der Waals surface area contributed by atoms with Crippen LogP contribution in [0.25, 0.3) is 0 Å². The maximum Gasteiger partial charge on any atom is 0.338 e. The average Bonchev–Trinajstić information content (AvgIpc) is 2.95. The van der Waals surface area contributed by atoms with Crippen LogP contribution in [0.15, 0.2) is 91.0 Å². The second-order valence-electron chi connectivity index (χ2n) is 8.41. The van der Waals surface area contributed by atoms with E-state index in [2.05, 4.69) is 0 Å². The summed E-state index contributed by atoms with van der Waals surface area (Å²) in [5, 5.41) is 0. The molecule has 0 heterocycles. The first kappa shape index (κ1) is 27.3. The van der Waals surface area contributed by atoms with Crippen molar-refractivity contribution >= 4 is 23.7 Å². The zero-order valence-corrected chi connectivity index (χ0v) is 20.7. The molecular formula is C30H30O7. The fourth-order valence-corrected chi connectivity index (χ4v) is 3.63. The van der Waals surface area contributed by atoms with Crippen LogP contribution in [0.4, 0.5) is 0 Å². The second kappa shape index (κ2) is 14.3. The molecular weight excluding hydrogens is 472 g/mol. The first-order chi connectivity index (χ1) is 18.0. The van der Waals surface area contributed by atoms with Crippen molar-refractivity contribution in [2.24, 2.45) is 0 Å². The largest absolute Gasteiger partial charge is 0.454 e. The molecule has 0 bridgehead atoms. The molecule has 3 rings (SSSR count). The number of hydrogen-bond donors (Lipinski definition) is 0. The summed E-state index contributed by atoms with van der Waals surface area (Å²) in [6.45, 7) is 1.37. The SMILES string of the molecule is CCCCC[C@H](OC(=O)c1ccccc1)[C@@H](OC(=O)c1ccccc1)C(=O)COC(=O)c1ccccc1. The third-order valence-electron chi connectivity index (χ3n) is 5.61. The Balaban J connectivity index is 1.82. The van der Waals surface area contributed by atoms with Crippen LogP contribution in [-0.4, -0.2) is 42.5 Å². The highest BCUT2D eigenvalue weighted by Crippen LogP contribution is 2.19. The van der Waals surface area contributed by atoms with Gasteiger partial charge in [0.2, 0.25) is 11.9 Å². The van der Waals surface area contributed by atoms with Crippen LogP contribution in [0.1, 0.15) is 63.7 Å². The summed E-state index contributed by atoms with van der Waals surface area (Å²) in [4.78, 5) is 51.4. The van der Waals surface area contributed by atoms with Crippen molar-refractivity contribution in [3.8, 4) is 0 Å². The van der Waals surface area contributed by atoms with Crippen LogP contribution >= 0.6 is 0 Å². The third-order valence-corrected chi connectivity index (χ3v) is 5.61. The molecule has 0 saturated heterocycles. The van der Waals surface area contributed by atoms with E-state index in [0.717, 1.165) is 12.8 Å². The molecule has 7 heteroatoms.